The number of carboxylic acids is 1. The highest BCUT2D eigenvalue weighted by molar-refractivity contribution is 5.88. The number of piperidine rings is 1. The van der Waals surface area contributed by atoms with Crippen LogP contribution in [0.5, 0.6) is 0 Å². The predicted molar refractivity (Wildman–Crippen MR) is 73.5 cm³/mol. The van der Waals surface area contributed by atoms with Gasteiger partial charge in [0.25, 0.3) is 0 Å². The molecule has 0 aromatic carbocycles. The molecule has 0 amide bonds. The molecule has 3 rings (SSSR count). The van der Waals surface area contributed by atoms with E-state index in [2.05, 4.69) is 9.88 Å². The van der Waals surface area contributed by atoms with Crippen molar-refractivity contribution >= 4 is 11.8 Å². The van der Waals surface area contributed by atoms with Gasteiger partial charge in [0.15, 0.2) is 0 Å². The molecule has 0 spiro atoms. The minimum atomic E-state index is -0.874. The number of nitrogens with zero attached hydrogens (tertiary/aromatic N) is 2. The van der Waals surface area contributed by atoms with E-state index in [4.69, 9.17) is 5.11 Å². The number of hydrogen-bond donors (Lipinski definition) is 1. The van der Waals surface area contributed by atoms with Gasteiger partial charge >= 0.3 is 5.97 Å². The van der Waals surface area contributed by atoms with E-state index >= 15 is 0 Å². The zero-order valence-electron chi connectivity index (χ0n) is 11.1. The van der Waals surface area contributed by atoms with Crippen molar-refractivity contribution < 1.29 is 9.90 Å². The van der Waals surface area contributed by atoms with Gasteiger partial charge in [-0.2, -0.15) is 0 Å². The van der Waals surface area contributed by atoms with E-state index in [9.17, 15) is 4.79 Å². The van der Waals surface area contributed by atoms with Gasteiger partial charge in [0, 0.05) is 18.8 Å². The highest BCUT2D eigenvalue weighted by Gasteiger charge is 2.33. The number of carbonyl (C=O) groups is 1. The molecule has 2 atom stereocenters. The van der Waals surface area contributed by atoms with Crippen LogP contribution in [0.1, 0.15) is 48.9 Å². The van der Waals surface area contributed by atoms with Crippen LogP contribution in [0.3, 0.4) is 0 Å². The summed E-state index contributed by atoms with van der Waals surface area (Å²) in [5.74, 6) is 0.745. The average Bonchev–Trinajstić information content (AvgIpc) is 2.47. The molecule has 102 valence electrons. The Kier molecular flexibility index (Phi) is 3.40. The minimum absolute atomic E-state index is 0.336. The molecule has 1 aromatic rings. The lowest BCUT2D eigenvalue weighted by molar-refractivity contribution is 0.0696. The largest absolute Gasteiger partial charge is 0.478 e. The van der Waals surface area contributed by atoms with E-state index in [1.807, 2.05) is 0 Å². The van der Waals surface area contributed by atoms with Crippen molar-refractivity contribution in [1.82, 2.24) is 4.98 Å². The van der Waals surface area contributed by atoms with Crippen LogP contribution in [-0.2, 0) is 0 Å². The van der Waals surface area contributed by atoms with Gasteiger partial charge in [-0.05, 0) is 43.7 Å². The number of aromatic nitrogens is 1. The third kappa shape index (κ3) is 2.44. The number of carboxylic acid groups (broad SMARTS) is 1. The maximum Gasteiger partial charge on any atom is 0.335 e. The maximum absolute atomic E-state index is 11.1. The molecule has 19 heavy (non-hydrogen) atoms. The lowest BCUT2D eigenvalue weighted by Crippen LogP contribution is -2.47. The molecule has 2 fully saturated rings. The first-order valence-corrected chi connectivity index (χ1v) is 7.22. The smallest absolute Gasteiger partial charge is 0.335 e. The number of pyridine rings is 1. The molecule has 4 nitrogen and oxygen atoms in total. The van der Waals surface area contributed by atoms with Crippen LogP contribution in [-0.4, -0.2) is 28.6 Å². The van der Waals surface area contributed by atoms with E-state index in [0.29, 0.717) is 11.6 Å². The van der Waals surface area contributed by atoms with Crippen LogP contribution in [0.15, 0.2) is 18.3 Å². The average molecular weight is 260 g/mol. The van der Waals surface area contributed by atoms with E-state index in [1.54, 1.807) is 18.3 Å². The van der Waals surface area contributed by atoms with Gasteiger partial charge in [0.1, 0.15) is 5.82 Å². The Hall–Kier alpha value is -1.58. The number of anilines is 1. The summed E-state index contributed by atoms with van der Waals surface area (Å²) in [7, 11) is 0. The molecule has 1 N–H and O–H groups in total. The Morgan fingerprint density at radius 2 is 2.05 bits per heavy atom. The second kappa shape index (κ2) is 5.19. The first-order chi connectivity index (χ1) is 9.25. The Labute approximate surface area is 113 Å². The first kappa shape index (κ1) is 12.5. The van der Waals surface area contributed by atoms with Crippen molar-refractivity contribution in [3.8, 4) is 0 Å². The van der Waals surface area contributed by atoms with Gasteiger partial charge in [0.2, 0.25) is 0 Å². The molecule has 0 radical (unpaired) electrons. The van der Waals surface area contributed by atoms with Gasteiger partial charge in [-0.3, -0.25) is 0 Å². The fourth-order valence-corrected chi connectivity index (χ4v) is 3.62. The molecule has 0 bridgehead atoms. The topological polar surface area (TPSA) is 53.4 Å². The fourth-order valence-electron chi connectivity index (χ4n) is 3.62. The van der Waals surface area contributed by atoms with Crippen LogP contribution in [0.25, 0.3) is 0 Å². The van der Waals surface area contributed by atoms with Crippen molar-refractivity contribution in [2.75, 3.05) is 11.4 Å². The summed E-state index contributed by atoms with van der Waals surface area (Å²) in [4.78, 5) is 17.8. The molecule has 1 aromatic heterocycles. The molecule has 4 heteroatoms. The summed E-state index contributed by atoms with van der Waals surface area (Å²) in [5, 5.41) is 9.09. The molecule has 2 heterocycles. The van der Waals surface area contributed by atoms with Crippen LogP contribution >= 0.6 is 0 Å². The molecule has 2 aliphatic rings. The second-order valence-corrected chi connectivity index (χ2v) is 5.66. The van der Waals surface area contributed by atoms with Crippen LogP contribution < -0.4 is 4.90 Å². The van der Waals surface area contributed by atoms with Crippen molar-refractivity contribution in [2.45, 2.75) is 44.6 Å². The lowest BCUT2D eigenvalue weighted by atomic mass is 9.78. The first-order valence-electron chi connectivity index (χ1n) is 7.22. The van der Waals surface area contributed by atoms with Crippen LogP contribution in [0, 0.1) is 5.92 Å². The fraction of sp³-hybridized carbons (Fsp3) is 0.600. The molecule has 1 aliphatic carbocycles. The summed E-state index contributed by atoms with van der Waals surface area (Å²) < 4.78 is 0. The van der Waals surface area contributed by atoms with Crippen molar-refractivity contribution in [2.24, 2.45) is 5.92 Å². The molecular weight excluding hydrogens is 240 g/mol. The van der Waals surface area contributed by atoms with E-state index in [1.165, 1.54) is 38.5 Å². The highest BCUT2D eigenvalue weighted by Crippen LogP contribution is 2.37. The molecule has 2 unspecified atom stereocenters. The number of fused-ring (bicyclic) bond motifs is 1. The number of rotatable bonds is 2. The van der Waals surface area contributed by atoms with Gasteiger partial charge in [-0.1, -0.05) is 12.8 Å². The monoisotopic (exact) mass is 260 g/mol. The van der Waals surface area contributed by atoms with Crippen LogP contribution in [0.2, 0.25) is 0 Å². The van der Waals surface area contributed by atoms with Gasteiger partial charge in [0.05, 0.1) is 5.56 Å². The Morgan fingerprint density at radius 1 is 1.26 bits per heavy atom. The molecule has 1 saturated carbocycles. The third-order valence-corrected chi connectivity index (χ3v) is 4.53. The quantitative estimate of drug-likeness (QED) is 0.888. The van der Waals surface area contributed by atoms with Crippen molar-refractivity contribution in [3.05, 3.63) is 23.9 Å². The molecule has 1 aliphatic heterocycles. The minimum Gasteiger partial charge on any atom is -0.478 e. The molecule has 1 saturated heterocycles. The number of aromatic carboxylic acids is 1. The van der Waals surface area contributed by atoms with E-state index in [0.717, 1.165) is 18.3 Å². The SMILES string of the molecule is O=C(O)c1ccnc(N2CCCC3CCCCC32)c1. The summed E-state index contributed by atoms with van der Waals surface area (Å²) in [6.07, 6.45) is 9.31. The van der Waals surface area contributed by atoms with Gasteiger partial charge in [-0.15, -0.1) is 0 Å². The van der Waals surface area contributed by atoms with E-state index in [-0.39, 0.29) is 0 Å². The van der Waals surface area contributed by atoms with Crippen LogP contribution in [0.4, 0.5) is 5.82 Å². The van der Waals surface area contributed by atoms with E-state index < -0.39 is 5.97 Å². The summed E-state index contributed by atoms with van der Waals surface area (Å²) in [5.41, 5.74) is 0.336. The Morgan fingerprint density at radius 3 is 2.89 bits per heavy atom. The summed E-state index contributed by atoms with van der Waals surface area (Å²) in [6, 6.07) is 3.85. The lowest BCUT2D eigenvalue weighted by Gasteiger charge is -2.44. The third-order valence-electron chi connectivity index (χ3n) is 4.53. The number of hydrogen-bond acceptors (Lipinski definition) is 3. The van der Waals surface area contributed by atoms with Crippen molar-refractivity contribution in [3.63, 3.8) is 0 Å². The Balaban J connectivity index is 1.87. The normalized spacial score (nSPS) is 26.8. The zero-order chi connectivity index (χ0) is 13.2. The summed E-state index contributed by atoms with van der Waals surface area (Å²) in [6.45, 7) is 1.01. The van der Waals surface area contributed by atoms with Gasteiger partial charge in [-0.25, -0.2) is 9.78 Å². The van der Waals surface area contributed by atoms with Crippen molar-refractivity contribution in [1.29, 1.82) is 0 Å². The second-order valence-electron chi connectivity index (χ2n) is 5.66. The molecular formula is C15H20N2O2. The maximum atomic E-state index is 11.1. The zero-order valence-corrected chi connectivity index (χ0v) is 11.1. The predicted octanol–water partition coefficient (Wildman–Crippen LogP) is 2.94. The summed E-state index contributed by atoms with van der Waals surface area (Å²) >= 11 is 0. The van der Waals surface area contributed by atoms with Gasteiger partial charge < -0.3 is 10.0 Å². The Bertz CT molecular complexity index is 473. The highest BCUT2D eigenvalue weighted by atomic mass is 16.4. The standard InChI is InChI=1S/C15H20N2O2/c18-15(19)12-7-8-16-14(10-12)17-9-3-5-11-4-1-2-6-13(11)17/h7-8,10-11,13H,1-6,9H2,(H,18,19).